The van der Waals surface area contributed by atoms with E-state index in [2.05, 4.69) is 5.32 Å². The lowest BCUT2D eigenvalue weighted by Gasteiger charge is -2.21. The van der Waals surface area contributed by atoms with Crippen LogP contribution < -0.4 is 10.1 Å². The highest BCUT2D eigenvalue weighted by molar-refractivity contribution is 6.31. The Kier molecular flexibility index (Phi) is 8.14. The summed E-state index contributed by atoms with van der Waals surface area (Å²) in [5, 5.41) is 3.51. The first kappa shape index (κ1) is 20.8. The fourth-order valence-electron chi connectivity index (χ4n) is 2.75. The smallest absolute Gasteiger partial charge is 0.221 e. The lowest BCUT2D eigenvalue weighted by Crippen LogP contribution is -2.34. The Balaban J connectivity index is 1.80. The molecule has 0 heterocycles. The van der Waals surface area contributed by atoms with Crippen LogP contribution in [0.4, 0.5) is 0 Å². The van der Waals surface area contributed by atoms with Crippen LogP contribution in [0.15, 0.2) is 48.5 Å². The highest BCUT2D eigenvalue weighted by atomic mass is 35.5. The molecule has 2 amide bonds. The zero-order chi connectivity index (χ0) is 19.6. The number of nitrogens with one attached hydrogen (secondary N) is 1. The average Bonchev–Trinajstić information content (AvgIpc) is 2.66. The summed E-state index contributed by atoms with van der Waals surface area (Å²) in [6.07, 6.45) is 0.932. The van der Waals surface area contributed by atoms with E-state index in [9.17, 15) is 9.59 Å². The molecule has 0 unspecified atom stereocenters. The van der Waals surface area contributed by atoms with Crippen LogP contribution in [0.25, 0.3) is 0 Å². The summed E-state index contributed by atoms with van der Waals surface area (Å²) >= 11 is 6.16. The fourth-order valence-corrected chi connectivity index (χ4v) is 2.95. The Labute approximate surface area is 165 Å². The molecule has 6 heteroatoms. The van der Waals surface area contributed by atoms with Crippen molar-refractivity contribution in [2.75, 3.05) is 20.2 Å². The van der Waals surface area contributed by atoms with E-state index < -0.39 is 0 Å². The van der Waals surface area contributed by atoms with Crippen molar-refractivity contribution in [3.05, 3.63) is 64.7 Å². The average molecular weight is 389 g/mol. The number of amides is 2. The van der Waals surface area contributed by atoms with Crippen molar-refractivity contribution in [3.63, 3.8) is 0 Å². The normalized spacial score (nSPS) is 10.3. The van der Waals surface area contributed by atoms with Gasteiger partial charge in [0.25, 0.3) is 0 Å². The highest BCUT2D eigenvalue weighted by Crippen LogP contribution is 2.18. The first-order valence-electron chi connectivity index (χ1n) is 8.88. The zero-order valence-corrected chi connectivity index (χ0v) is 16.5. The van der Waals surface area contributed by atoms with Gasteiger partial charge >= 0.3 is 0 Å². The third-order valence-corrected chi connectivity index (χ3v) is 4.65. The Morgan fingerprint density at radius 2 is 1.74 bits per heavy atom. The molecule has 0 bridgehead atoms. The molecule has 0 radical (unpaired) electrons. The number of carbonyl (C=O) groups excluding carboxylic acids is 2. The standard InChI is InChI=1S/C21H25ClN2O3/c1-16(25)24(15-18-8-3-5-9-19(18)22)14-12-21(26)23-13-11-17-7-4-6-10-20(17)27-2/h3-10H,11-15H2,1-2H3,(H,23,26). The van der Waals surface area contributed by atoms with Crippen molar-refractivity contribution in [1.82, 2.24) is 10.2 Å². The number of rotatable bonds is 9. The van der Waals surface area contributed by atoms with Crippen LogP contribution in [-0.2, 0) is 22.6 Å². The number of hydrogen-bond acceptors (Lipinski definition) is 3. The molecule has 5 nitrogen and oxygen atoms in total. The number of nitrogens with zero attached hydrogens (tertiary/aromatic N) is 1. The summed E-state index contributed by atoms with van der Waals surface area (Å²) in [6.45, 7) is 2.75. The maximum Gasteiger partial charge on any atom is 0.221 e. The number of benzene rings is 2. The van der Waals surface area contributed by atoms with E-state index in [-0.39, 0.29) is 18.2 Å². The van der Waals surface area contributed by atoms with Crippen LogP contribution in [0, 0.1) is 0 Å². The fraction of sp³-hybridized carbons (Fsp3) is 0.333. The molecule has 0 aromatic heterocycles. The van der Waals surface area contributed by atoms with Crippen LogP contribution in [0.3, 0.4) is 0 Å². The first-order valence-corrected chi connectivity index (χ1v) is 9.26. The molecule has 144 valence electrons. The van der Waals surface area contributed by atoms with E-state index in [1.165, 1.54) is 6.92 Å². The molecule has 0 saturated carbocycles. The molecule has 0 aliphatic carbocycles. The Morgan fingerprint density at radius 3 is 2.41 bits per heavy atom. The summed E-state index contributed by atoms with van der Waals surface area (Å²) in [7, 11) is 1.63. The van der Waals surface area contributed by atoms with Gasteiger partial charge in [-0.3, -0.25) is 9.59 Å². The second-order valence-electron chi connectivity index (χ2n) is 6.19. The number of methoxy groups -OCH3 is 1. The molecule has 2 aromatic rings. The monoisotopic (exact) mass is 388 g/mol. The van der Waals surface area contributed by atoms with Crippen LogP contribution in [0.1, 0.15) is 24.5 Å². The van der Waals surface area contributed by atoms with Crippen LogP contribution in [0.2, 0.25) is 5.02 Å². The van der Waals surface area contributed by atoms with Gasteiger partial charge in [0.05, 0.1) is 7.11 Å². The molecule has 2 aromatic carbocycles. The Morgan fingerprint density at radius 1 is 1.07 bits per heavy atom. The highest BCUT2D eigenvalue weighted by Gasteiger charge is 2.13. The third kappa shape index (κ3) is 6.61. The number of para-hydroxylation sites is 1. The van der Waals surface area contributed by atoms with E-state index in [0.29, 0.717) is 31.1 Å². The topological polar surface area (TPSA) is 58.6 Å². The molecule has 0 fully saturated rings. The molecule has 2 rings (SSSR count). The van der Waals surface area contributed by atoms with Crippen molar-refractivity contribution < 1.29 is 14.3 Å². The number of hydrogen-bond donors (Lipinski definition) is 1. The van der Waals surface area contributed by atoms with E-state index in [1.807, 2.05) is 42.5 Å². The summed E-state index contributed by atoms with van der Waals surface area (Å²) in [5.41, 5.74) is 1.91. The molecule has 1 N–H and O–H groups in total. The van der Waals surface area contributed by atoms with Crippen molar-refractivity contribution in [2.24, 2.45) is 0 Å². The van der Waals surface area contributed by atoms with Gasteiger partial charge in [-0.1, -0.05) is 48.0 Å². The van der Waals surface area contributed by atoms with Crippen molar-refractivity contribution in [3.8, 4) is 5.75 Å². The van der Waals surface area contributed by atoms with Gasteiger partial charge in [-0.25, -0.2) is 0 Å². The van der Waals surface area contributed by atoms with Crippen LogP contribution in [0.5, 0.6) is 5.75 Å². The maximum atomic E-state index is 12.1. The minimum absolute atomic E-state index is 0.0864. The predicted molar refractivity (Wildman–Crippen MR) is 107 cm³/mol. The van der Waals surface area contributed by atoms with Crippen LogP contribution >= 0.6 is 11.6 Å². The molecule has 0 saturated heterocycles. The third-order valence-electron chi connectivity index (χ3n) is 4.28. The van der Waals surface area contributed by atoms with E-state index in [4.69, 9.17) is 16.3 Å². The van der Waals surface area contributed by atoms with Gasteiger partial charge in [0.15, 0.2) is 0 Å². The van der Waals surface area contributed by atoms with Crippen molar-refractivity contribution in [1.29, 1.82) is 0 Å². The number of ether oxygens (including phenoxy) is 1. The Hall–Kier alpha value is -2.53. The summed E-state index contributed by atoms with van der Waals surface area (Å²) < 4.78 is 5.31. The number of carbonyl (C=O) groups is 2. The molecule has 0 spiro atoms. The SMILES string of the molecule is COc1ccccc1CCNC(=O)CCN(Cc1ccccc1Cl)C(C)=O. The molecule has 0 atom stereocenters. The molecular weight excluding hydrogens is 364 g/mol. The van der Waals surface area contributed by atoms with Gasteiger partial charge in [-0.15, -0.1) is 0 Å². The van der Waals surface area contributed by atoms with Gasteiger partial charge < -0.3 is 15.0 Å². The summed E-state index contributed by atoms with van der Waals surface area (Å²) in [5.74, 6) is 0.640. The quantitative estimate of drug-likeness (QED) is 0.715. The van der Waals surface area contributed by atoms with E-state index in [0.717, 1.165) is 16.9 Å². The summed E-state index contributed by atoms with van der Waals surface area (Å²) in [4.78, 5) is 25.6. The van der Waals surface area contributed by atoms with Gasteiger partial charge in [0.2, 0.25) is 11.8 Å². The van der Waals surface area contributed by atoms with E-state index >= 15 is 0 Å². The number of halogens is 1. The van der Waals surface area contributed by atoms with Gasteiger partial charge in [0, 0.05) is 38.0 Å². The minimum atomic E-state index is -0.0877. The summed E-state index contributed by atoms with van der Waals surface area (Å²) in [6, 6.07) is 15.1. The lowest BCUT2D eigenvalue weighted by atomic mass is 10.1. The zero-order valence-electron chi connectivity index (χ0n) is 15.7. The first-order chi connectivity index (χ1) is 13.0. The van der Waals surface area contributed by atoms with Gasteiger partial charge in [-0.2, -0.15) is 0 Å². The Bertz CT molecular complexity index is 780. The van der Waals surface area contributed by atoms with E-state index in [1.54, 1.807) is 18.1 Å². The van der Waals surface area contributed by atoms with Crippen molar-refractivity contribution >= 4 is 23.4 Å². The molecule has 0 aliphatic rings. The van der Waals surface area contributed by atoms with Gasteiger partial charge in [-0.05, 0) is 29.7 Å². The van der Waals surface area contributed by atoms with Gasteiger partial charge in [0.1, 0.15) is 5.75 Å². The predicted octanol–water partition coefficient (Wildman–Crippen LogP) is 3.45. The molecule has 0 aliphatic heterocycles. The minimum Gasteiger partial charge on any atom is -0.496 e. The largest absolute Gasteiger partial charge is 0.496 e. The second-order valence-corrected chi connectivity index (χ2v) is 6.60. The molecule has 27 heavy (non-hydrogen) atoms. The lowest BCUT2D eigenvalue weighted by molar-refractivity contribution is -0.130. The van der Waals surface area contributed by atoms with Crippen LogP contribution in [-0.4, -0.2) is 36.9 Å². The van der Waals surface area contributed by atoms with Crippen molar-refractivity contribution in [2.45, 2.75) is 26.3 Å². The second kappa shape index (κ2) is 10.6. The molecular formula is C21H25ClN2O3. The maximum absolute atomic E-state index is 12.1.